The topological polar surface area (TPSA) is 40.5 Å². The molecule has 0 aromatic heterocycles. The maximum Gasteiger partial charge on any atom is 0.238 e. The Morgan fingerprint density at radius 3 is 2.59 bits per heavy atom. The van der Waals surface area contributed by atoms with Crippen molar-refractivity contribution in [2.75, 3.05) is 18.8 Å². The predicted molar refractivity (Wildman–Crippen MR) is 71.2 cm³/mol. The fraction of sp³-hybridized carbons (Fsp3) is 0.923. The van der Waals surface area contributed by atoms with Crippen LogP contribution in [0.4, 0.5) is 0 Å². The molecule has 2 aliphatic heterocycles. The molecule has 2 aliphatic rings. The van der Waals surface area contributed by atoms with E-state index in [1.807, 2.05) is 11.8 Å². The molecule has 0 spiro atoms. The minimum atomic E-state index is -0.585. The molecule has 2 heterocycles. The number of aliphatic hydroxyl groups is 1. The first-order chi connectivity index (χ1) is 7.93. The van der Waals surface area contributed by atoms with Gasteiger partial charge in [0, 0.05) is 13.1 Å². The van der Waals surface area contributed by atoms with E-state index in [4.69, 9.17) is 0 Å². The normalized spacial score (nSPS) is 39.1. The second-order valence-corrected chi connectivity index (χ2v) is 7.42. The molecule has 0 bridgehead atoms. The third-order valence-electron chi connectivity index (χ3n) is 4.02. The first-order valence-electron chi connectivity index (χ1n) is 6.59. The van der Waals surface area contributed by atoms with Crippen molar-refractivity contribution in [2.24, 2.45) is 0 Å². The van der Waals surface area contributed by atoms with Crippen molar-refractivity contribution >= 4 is 17.7 Å². The number of hydrogen-bond acceptors (Lipinski definition) is 3. The lowest BCUT2D eigenvalue weighted by molar-refractivity contribution is -0.133. The minimum absolute atomic E-state index is 0.198. The van der Waals surface area contributed by atoms with Gasteiger partial charge in [0.25, 0.3) is 0 Å². The Balaban J connectivity index is 2.00. The smallest absolute Gasteiger partial charge is 0.238 e. The summed E-state index contributed by atoms with van der Waals surface area (Å²) in [5, 5.41) is 10.0. The average molecular weight is 257 g/mol. The van der Waals surface area contributed by atoms with Crippen molar-refractivity contribution in [1.82, 2.24) is 4.90 Å². The summed E-state index contributed by atoms with van der Waals surface area (Å²) >= 11 is 1.80. The molecule has 17 heavy (non-hydrogen) atoms. The summed E-state index contributed by atoms with van der Waals surface area (Å²) in [4.78, 5) is 14.5. The van der Waals surface area contributed by atoms with Crippen LogP contribution in [-0.4, -0.2) is 45.1 Å². The van der Waals surface area contributed by atoms with E-state index in [0.29, 0.717) is 13.0 Å². The second-order valence-electron chi connectivity index (χ2n) is 5.83. The predicted octanol–water partition coefficient (Wildman–Crippen LogP) is 2.04. The number of likely N-dealkylation sites (tertiary alicyclic amines) is 1. The van der Waals surface area contributed by atoms with Gasteiger partial charge in [0.1, 0.15) is 0 Å². The van der Waals surface area contributed by atoms with E-state index in [9.17, 15) is 9.90 Å². The molecule has 0 aromatic carbocycles. The molecular formula is C13H23NO2S. The van der Waals surface area contributed by atoms with Crippen LogP contribution < -0.4 is 0 Å². The Labute approximate surface area is 108 Å². The van der Waals surface area contributed by atoms with E-state index in [2.05, 4.69) is 6.92 Å². The zero-order valence-corrected chi connectivity index (χ0v) is 11.7. The fourth-order valence-electron chi connectivity index (χ4n) is 2.75. The van der Waals surface area contributed by atoms with Gasteiger partial charge in [-0.25, -0.2) is 0 Å². The van der Waals surface area contributed by atoms with Gasteiger partial charge in [-0.05, 0) is 51.7 Å². The quantitative estimate of drug-likeness (QED) is 0.781. The van der Waals surface area contributed by atoms with Crippen molar-refractivity contribution in [1.29, 1.82) is 0 Å². The first kappa shape index (κ1) is 13.2. The van der Waals surface area contributed by atoms with Crippen LogP contribution >= 0.6 is 11.8 Å². The first-order valence-corrected chi connectivity index (χ1v) is 7.57. The number of hydrogen-bond donors (Lipinski definition) is 1. The zero-order chi connectivity index (χ0) is 12.5. The summed E-state index contributed by atoms with van der Waals surface area (Å²) < 4.78 is -0.198. The van der Waals surface area contributed by atoms with Crippen molar-refractivity contribution in [3.8, 4) is 0 Å². The summed E-state index contributed by atoms with van der Waals surface area (Å²) in [5.74, 6) is 1.39. The van der Waals surface area contributed by atoms with Gasteiger partial charge < -0.3 is 10.0 Å². The van der Waals surface area contributed by atoms with Crippen LogP contribution in [0.15, 0.2) is 0 Å². The molecule has 2 unspecified atom stereocenters. The van der Waals surface area contributed by atoms with Crippen LogP contribution in [0.3, 0.4) is 0 Å². The number of carbonyl (C=O) groups is 1. The Kier molecular flexibility index (Phi) is 3.74. The molecule has 0 saturated carbocycles. The summed E-state index contributed by atoms with van der Waals surface area (Å²) in [5.41, 5.74) is -0.585. The Morgan fingerprint density at radius 2 is 1.94 bits per heavy atom. The molecule has 2 atom stereocenters. The largest absolute Gasteiger partial charge is 0.390 e. The highest BCUT2D eigenvalue weighted by Crippen LogP contribution is 2.39. The molecule has 4 heteroatoms. The number of rotatable bonds is 1. The van der Waals surface area contributed by atoms with E-state index in [-0.39, 0.29) is 10.7 Å². The van der Waals surface area contributed by atoms with Crippen LogP contribution in [0.1, 0.15) is 46.0 Å². The van der Waals surface area contributed by atoms with Gasteiger partial charge in [0.2, 0.25) is 5.91 Å². The van der Waals surface area contributed by atoms with Crippen LogP contribution in [-0.2, 0) is 4.79 Å². The molecular weight excluding hydrogens is 234 g/mol. The van der Waals surface area contributed by atoms with Gasteiger partial charge in [0.05, 0.1) is 10.3 Å². The highest BCUT2D eigenvalue weighted by molar-refractivity contribution is 8.01. The third kappa shape index (κ3) is 2.97. The lowest BCUT2D eigenvalue weighted by Crippen LogP contribution is -2.44. The van der Waals surface area contributed by atoms with E-state index in [0.717, 1.165) is 38.0 Å². The monoisotopic (exact) mass is 257 g/mol. The molecule has 2 rings (SSSR count). The highest BCUT2D eigenvalue weighted by atomic mass is 32.2. The molecule has 1 amide bonds. The fourth-order valence-corrected chi connectivity index (χ4v) is 4.03. The van der Waals surface area contributed by atoms with Crippen LogP contribution in [0.2, 0.25) is 0 Å². The molecule has 0 aromatic rings. The van der Waals surface area contributed by atoms with Crippen molar-refractivity contribution in [3.05, 3.63) is 0 Å². The number of carbonyl (C=O) groups excluding carboxylic acids is 1. The van der Waals surface area contributed by atoms with Gasteiger partial charge >= 0.3 is 0 Å². The van der Waals surface area contributed by atoms with Gasteiger partial charge in [-0.15, -0.1) is 11.8 Å². The number of nitrogens with zero attached hydrogens (tertiary/aromatic N) is 1. The standard InChI is InChI=1S/C13H23NO2S/c1-12(16)5-3-8-14(9-7-12)11(15)13(2)6-4-10-17-13/h16H,3-10H2,1-2H3. The maximum atomic E-state index is 12.5. The van der Waals surface area contributed by atoms with Crippen LogP contribution in [0, 0.1) is 0 Å². The number of amides is 1. The van der Waals surface area contributed by atoms with Crippen LogP contribution in [0.25, 0.3) is 0 Å². The van der Waals surface area contributed by atoms with Gasteiger partial charge in [-0.2, -0.15) is 0 Å². The summed E-state index contributed by atoms with van der Waals surface area (Å²) in [6.07, 6.45) is 4.58. The molecule has 3 nitrogen and oxygen atoms in total. The highest BCUT2D eigenvalue weighted by Gasteiger charge is 2.40. The summed E-state index contributed by atoms with van der Waals surface area (Å²) in [7, 11) is 0. The maximum absolute atomic E-state index is 12.5. The number of thioether (sulfide) groups is 1. The van der Waals surface area contributed by atoms with E-state index >= 15 is 0 Å². The van der Waals surface area contributed by atoms with Gasteiger partial charge in [-0.3, -0.25) is 4.79 Å². The third-order valence-corrected chi connectivity index (χ3v) is 5.53. The Bertz CT molecular complexity index is 298. The summed E-state index contributed by atoms with van der Waals surface area (Å²) in [6.45, 7) is 5.48. The lowest BCUT2D eigenvalue weighted by atomic mass is 9.98. The van der Waals surface area contributed by atoms with Gasteiger partial charge in [0.15, 0.2) is 0 Å². The minimum Gasteiger partial charge on any atom is -0.390 e. The molecule has 0 radical (unpaired) electrons. The van der Waals surface area contributed by atoms with Crippen molar-refractivity contribution < 1.29 is 9.90 Å². The molecule has 98 valence electrons. The molecule has 2 saturated heterocycles. The second kappa shape index (κ2) is 4.81. The van der Waals surface area contributed by atoms with Gasteiger partial charge in [-0.1, -0.05) is 0 Å². The lowest BCUT2D eigenvalue weighted by Gasteiger charge is -2.30. The van der Waals surface area contributed by atoms with E-state index < -0.39 is 5.60 Å². The summed E-state index contributed by atoms with van der Waals surface area (Å²) in [6, 6.07) is 0. The van der Waals surface area contributed by atoms with Crippen molar-refractivity contribution in [2.45, 2.75) is 56.3 Å². The molecule has 1 N–H and O–H groups in total. The SMILES string of the molecule is CC1(O)CCCN(C(=O)C2(C)CCCS2)CC1. The Hall–Kier alpha value is -0.220. The van der Waals surface area contributed by atoms with Crippen molar-refractivity contribution in [3.63, 3.8) is 0 Å². The molecule has 2 fully saturated rings. The van der Waals surface area contributed by atoms with Crippen LogP contribution in [0.5, 0.6) is 0 Å². The molecule has 0 aliphatic carbocycles. The average Bonchev–Trinajstić information content (AvgIpc) is 2.62. The van der Waals surface area contributed by atoms with E-state index in [1.165, 1.54) is 0 Å². The zero-order valence-electron chi connectivity index (χ0n) is 10.9. The Morgan fingerprint density at radius 1 is 1.18 bits per heavy atom. The van der Waals surface area contributed by atoms with E-state index in [1.54, 1.807) is 11.8 Å².